The Labute approximate surface area is 113 Å². The Morgan fingerprint density at radius 2 is 2.11 bits per heavy atom. The van der Waals surface area contributed by atoms with Crippen LogP contribution in [0.4, 0.5) is 8.78 Å². The molecule has 0 atom stereocenters. The van der Waals surface area contributed by atoms with E-state index >= 15 is 0 Å². The molecule has 1 aromatic rings. The molecule has 6 heteroatoms. The van der Waals surface area contributed by atoms with E-state index in [1.54, 1.807) is 13.8 Å². The summed E-state index contributed by atoms with van der Waals surface area (Å²) in [6, 6.07) is 1.23. The van der Waals surface area contributed by atoms with Crippen LogP contribution < -0.4 is 0 Å². The van der Waals surface area contributed by atoms with Gasteiger partial charge in [0.05, 0.1) is 17.9 Å². The van der Waals surface area contributed by atoms with Crippen molar-refractivity contribution in [1.29, 1.82) is 0 Å². The number of carbonyl (C=O) groups is 1. The molecule has 100 valence electrons. The zero-order valence-corrected chi connectivity index (χ0v) is 12.0. The third-order valence-electron chi connectivity index (χ3n) is 2.43. The summed E-state index contributed by atoms with van der Waals surface area (Å²) < 4.78 is 31.2. The predicted molar refractivity (Wildman–Crippen MR) is 67.1 cm³/mol. The molecule has 18 heavy (non-hydrogen) atoms. The van der Waals surface area contributed by atoms with Crippen LogP contribution in [0.25, 0.3) is 0 Å². The van der Waals surface area contributed by atoms with E-state index in [0.29, 0.717) is 12.0 Å². The molecular formula is C12H14BrF2NO2. The Hall–Kier alpha value is -1.04. The zero-order valence-electron chi connectivity index (χ0n) is 10.4. The number of hydrogen-bond acceptors (Lipinski definition) is 3. The van der Waals surface area contributed by atoms with E-state index in [2.05, 4.69) is 20.9 Å². The van der Waals surface area contributed by atoms with Crippen molar-refractivity contribution in [2.24, 2.45) is 0 Å². The van der Waals surface area contributed by atoms with Crippen molar-refractivity contribution in [3.05, 3.63) is 28.6 Å². The van der Waals surface area contributed by atoms with Crippen molar-refractivity contribution in [1.82, 2.24) is 4.98 Å². The fraction of sp³-hybridized carbons (Fsp3) is 0.500. The van der Waals surface area contributed by atoms with Gasteiger partial charge in [0.1, 0.15) is 5.69 Å². The summed E-state index contributed by atoms with van der Waals surface area (Å²) >= 11 is 2.26. The quantitative estimate of drug-likeness (QED) is 0.628. The summed E-state index contributed by atoms with van der Waals surface area (Å²) in [6.07, 6.45) is 0.452. The molecule has 0 aliphatic rings. The molecule has 0 fully saturated rings. The van der Waals surface area contributed by atoms with E-state index in [1.807, 2.05) is 0 Å². The lowest BCUT2D eigenvalue weighted by atomic mass is 10.0. The molecule has 1 rings (SSSR count). The molecule has 0 radical (unpaired) electrons. The lowest BCUT2D eigenvalue weighted by Gasteiger charge is -2.14. The summed E-state index contributed by atoms with van der Waals surface area (Å²) in [5.74, 6) is -0.524. The molecule has 0 saturated carbocycles. The predicted octanol–water partition coefficient (Wildman–Crippen LogP) is 3.57. The summed E-state index contributed by atoms with van der Waals surface area (Å²) in [5, 5.41) is 0. The van der Waals surface area contributed by atoms with E-state index in [1.165, 1.54) is 13.0 Å². The van der Waals surface area contributed by atoms with E-state index < -0.39 is 16.5 Å². The molecule has 1 heterocycles. The number of ether oxygens (including phenoxy) is 1. The first-order chi connectivity index (χ1) is 8.31. The number of pyridine rings is 1. The number of esters is 1. The van der Waals surface area contributed by atoms with Crippen LogP contribution in [0.15, 0.2) is 6.07 Å². The van der Waals surface area contributed by atoms with Crippen molar-refractivity contribution in [3.63, 3.8) is 0 Å². The number of aryl methyl sites for hydroxylation is 2. The number of rotatable bonds is 4. The van der Waals surface area contributed by atoms with Gasteiger partial charge in [-0.2, -0.15) is 8.78 Å². The van der Waals surface area contributed by atoms with Gasteiger partial charge in [0.2, 0.25) is 0 Å². The van der Waals surface area contributed by atoms with Crippen molar-refractivity contribution in [2.45, 2.75) is 32.0 Å². The molecule has 1 aromatic heterocycles. The van der Waals surface area contributed by atoms with Gasteiger partial charge in [0.25, 0.3) is 0 Å². The summed E-state index contributed by atoms with van der Waals surface area (Å²) in [5.41, 5.74) is 0.641. The summed E-state index contributed by atoms with van der Waals surface area (Å²) in [7, 11) is 0. The first-order valence-corrected chi connectivity index (χ1v) is 6.35. The van der Waals surface area contributed by atoms with Gasteiger partial charge < -0.3 is 4.74 Å². The molecule has 0 aliphatic carbocycles. The normalized spacial score (nSPS) is 11.4. The highest BCUT2D eigenvalue weighted by atomic mass is 79.9. The highest BCUT2D eigenvalue weighted by Gasteiger charge is 2.31. The van der Waals surface area contributed by atoms with Gasteiger partial charge in [-0.05, 0) is 47.8 Å². The lowest BCUT2D eigenvalue weighted by molar-refractivity contribution is 0.0522. The number of alkyl halides is 3. The van der Waals surface area contributed by atoms with Crippen molar-refractivity contribution in [2.75, 3.05) is 6.61 Å². The largest absolute Gasteiger partial charge is 0.462 e. The Bertz CT molecular complexity index is 458. The zero-order chi connectivity index (χ0) is 13.9. The van der Waals surface area contributed by atoms with Crippen molar-refractivity contribution >= 4 is 21.9 Å². The third kappa shape index (κ3) is 3.25. The molecule has 0 unspecified atom stereocenters. The molecule has 0 spiro atoms. The second-order valence-corrected chi connectivity index (χ2v) is 4.69. The van der Waals surface area contributed by atoms with Crippen LogP contribution in [0.3, 0.4) is 0 Å². The second-order valence-electron chi connectivity index (χ2n) is 3.70. The average molecular weight is 322 g/mol. The van der Waals surface area contributed by atoms with Gasteiger partial charge in [-0.3, -0.25) is 0 Å². The minimum Gasteiger partial charge on any atom is -0.462 e. The monoisotopic (exact) mass is 321 g/mol. The number of carbonyl (C=O) groups excluding carboxylic acids is 1. The van der Waals surface area contributed by atoms with Crippen molar-refractivity contribution < 1.29 is 18.3 Å². The Morgan fingerprint density at radius 3 is 2.56 bits per heavy atom. The van der Waals surface area contributed by atoms with Gasteiger partial charge in [0.15, 0.2) is 0 Å². The van der Waals surface area contributed by atoms with Crippen LogP contribution in [0.1, 0.15) is 41.2 Å². The maximum absolute atomic E-state index is 13.2. The molecule has 3 nitrogen and oxygen atoms in total. The highest BCUT2D eigenvalue weighted by Crippen LogP contribution is 2.34. The fourth-order valence-corrected chi connectivity index (χ4v) is 1.85. The van der Waals surface area contributed by atoms with Gasteiger partial charge in [0, 0.05) is 0 Å². The molecule has 0 bridgehead atoms. The molecule has 0 amide bonds. The van der Waals surface area contributed by atoms with E-state index in [4.69, 9.17) is 4.74 Å². The van der Waals surface area contributed by atoms with Gasteiger partial charge in [-0.25, -0.2) is 9.78 Å². The van der Waals surface area contributed by atoms with E-state index in [-0.39, 0.29) is 17.9 Å². The number of halogens is 3. The van der Waals surface area contributed by atoms with Crippen LogP contribution in [-0.2, 0) is 16.0 Å². The summed E-state index contributed by atoms with van der Waals surface area (Å²) in [6.45, 7) is 5.23. The van der Waals surface area contributed by atoms with Crippen molar-refractivity contribution in [3.8, 4) is 0 Å². The summed E-state index contributed by atoms with van der Waals surface area (Å²) in [4.78, 5) is 12.3. The SMILES string of the molecule is CCOC(=O)c1c(CC)cc(C(F)(F)Br)nc1C. The van der Waals surface area contributed by atoms with Crippen LogP contribution in [0, 0.1) is 6.92 Å². The van der Waals surface area contributed by atoms with Crippen LogP contribution in [-0.4, -0.2) is 17.6 Å². The Kier molecular flexibility index (Phi) is 4.78. The highest BCUT2D eigenvalue weighted by molar-refractivity contribution is 9.09. The van der Waals surface area contributed by atoms with E-state index in [0.717, 1.165) is 0 Å². The number of aromatic nitrogens is 1. The second kappa shape index (κ2) is 5.73. The standard InChI is InChI=1S/C12H14BrF2NO2/c1-4-8-6-9(12(13,14)15)16-7(3)10(8)11(17)18-5-2/h6H,4-5H2,1-3H3. The van der Waals surface area contributed by atoms with Gasteiger partial charge in [-0.15, -0.1) is 0 Å². The molecule has 0 aliphatic heterocycles. The topological polar surface area (TPSA) is 39.2 Å². The van der Waals surface area contributed by atoms with Gasteiger partial charge >= 0.3 is 10.8 Å². The molecule has 0 saturated heterocycles. The number of nitrogens with zero attached hydrogens (tertiary/aromatic N) is 1. The first kappa shape index (κ1) is 15.0. The third-order valence-corrected chi connectivity index (χ3v) is 2.84. The maximum atomic E-state index is 13.2. The minimum absolute atomic E-state index is 0.234. The Morgan fingerprint density at radius 1 is 1.50 bits per heavy atom. The minimum atomic E-state index is -3.20. The van der Waals surface area contributed by atoms with Crippen LogP contribution in [0.5, 0.6) is 0 Å². The maximum Gasteiger partial charge on any atom is 0.343 e. The Balaban J connectivity index is 3.33. The smallest absolute Gasteiger partial charge is 0.343 e. The number of hydrogen-bond donors (Lipinski definition) is 0. The lowest BCUT2D eigenvalue weighted by Crippen LogP contribution is -2.15. The van der Waals surface area contributed by atoms with Gasteiger partial charge in [-0.1, -0.05) is 6.92 Å². The first-order valence-electron chi connectivity index (χ1n) is 5.56. The average Bonchev–Trinajstić information content (AvgIpc) is 2.26. The molecule has 0 aromatic carbocycles. The molecular weight excluding hydrogens is 308 g/mol. The van der Waals surface area contributed by atoms with E-state index in [9.17, 15) is 13.6 Å². The van der Waals surface area contributed by atoms with Crippen LogP contribution in [0.2, 0.25) is 0 Å². The van der Waals surface area contributed by atoms with Crippen LogP contribution >= 0.6 is 15.9 Å². The molecule has 0 N–H and O–H groups in total. The fourth-order valence-electron chi connectivity index (χ4n) is 1.64.